The minimum Gasteiger partial charge on any atom is -0.279 e. The fraction of sp³-hybridized carbons (Fsp3) is 0.667. The first kappa shape index (κ1) is 19.8. The van der Waals surface area contributed by atoms with Crippen molar-refractivity contribution in [3.63, 3.8) is 0 Å². The molecule has 0 atom stereocenters. The quantitative estimate of drug-likeness (QED) is 0.363. The van der Waals surface area contributed by atoms with E-state index in [0.29, 0.717) is 24.7 Å². The number of benzene rings is 1. The second-order valence-electron chi connectivity index (χ2n) is 6.51. The van der Waals surface area contributed by atoms with Crippen LogP contribution >= 0.6 is 0 Å². The Labute approximate surface area is 151 Å². The summed E-state index contributed by atoms with van der Waals surface area (Å²) < 4.78 is 30.4. The van der Waals surface area contributed by atoms with Crippen LogP contribution in [0.15, 0.2) is 33.4 Å². The molecule has 0 amide bonds. The van der Waals surface area contributed by atoms with Gasteiger partial charge in [0.15, 0.2) is 0 Å². The SMILES string of the molecule is CCN(CC)N=Nc1cc(C)ccc1S(=O)(=O)OCCC1CCCC1. The lowest BCUT2D eigenvalue weighted by Gasteiger charge is -2.13. The number of hydrogen-bond acceptors (Lipinski definition) is 5. The van der Waals surface area contributed by atoms with Gasteiger partial charge in [-0.25, -0.2) is 0 Å². The van der Waals surface area contributed by atoms with Gasteiger partial charge < -0.3 is 0 Å². The Balaban J connectivity index is 2.12. The number of rotatable bonds is 9. The van der Waals surface area contributed by atoms with E-state index in [2.05, 4.69) is 10.3 Å². The summed E-state index contributed by atoms with van der Waals surface area (Å²) in [5.41, 5.74) is 1.26. The molecule has 140 valence electrons. The summed E-state index contributed by atoms with van der Waals surface area (Å²) in [5, 5.41) is 10.0. The van der Waals surface area contributed by atoms with Crippen molar-refractivity contribution >= 4 is 15.8 Å². The van der Waals surface area contributed by atoms with Crippen LogP contribution in [0.1, 0.15) is 51.5 Å². The highest BCUT2D eigenvalue weighted by Crippen LogP contribution is 2.30. The maximum Gasteiger partial charge on any atom is 0.299 e. The highest BCUT2D eigenvalue weighted by molar-refractivity contribution is 7.87. The third-order valence-electron chi connectivity index (χ3n) is 4.63. The summed E-state index contributed by atoms with van der Waals surface area (Å²) in [4.78, 5) is 0.0837. The number of hydrogen-bond donors (Lipinski definition) is 0. The van der Waals surface area contributed by atoms with E-state index in [9.17, 15) is 8.42 Å². The minimum absolute atomic E-state index is 0.0837. The van der Waals surface area contributed by atoms with Crippen LogP contribution in [0.2, 0.25) is 0 Å². The van der Waals surface area contributed by atoms with Crippen molar-refractivity contribution in [2.45, 2.75) is 57.8 Å². The lowest BCUT2D eigenvalue weighted by Crippen LogP contribution is -2.14. The average molecular weight is 368 g/mol. The monoisotopic (exact) mass is 367 g/mol. The van der Waals surface area contributed by atoms with Crippen LogP contribution in [-0.4, -0.2) is 33.1 Å². The van der Waals surface area contributed by atoms with Crippen LogP contribution in [0.25, 0.3) is 0 Å². The molecule has 0 aromatic heterocycles. The van der Waals surface area contributed by atoms with Gasteiger partial charge in [-0.3, -0.25) is 9.19 Å². The van der Waals surface area contributed by atoms with Crippen LogP contribution in [0.4, 0.5) is 5.69 Å². The first-order chi connectivity index (χ1) is 12.0. The highest BCUT2D eigenvalue weighted by atomic mass is 32.2. The molecule has 0 spiro atoms. The van der Waals surface area contributed by atoms with Gasteiger partial charge in [0.05, 0.1) is 6.61 Å². The highest BCUT2D eigenvalue weighted by Gasteiger charge is 2.22. The summed E-state index contributed by atoms with van der Waals surface area (Å²) in [6, 6.07) is 5.03. The Morgan fingerprint density at radius 3 is 2.52 bits per heavy atom. The molecule has 0 aliphatic heterocycles. The Morgan fingerprint density at radius 2 is 1.88 bits per heavy atom. The number of nitrogens with zero attached hydrogens (tertiary/aromatic N) is 3. The molecule has 6 nitrogen and oxygen atoms in total. The van der Waals surface area contributed by atoms with Gasteiger partial charge in [-0.15, -0.1) is 5.11 Å². The van der Waals surface area contributed by atoms with Gasteiger partial charge in [-0.05, 0) is 50.8 Å². The molecule has 0 N–H and O–H groups in total. The van der Waals surface area contributed by atoms with Crippen LogP contribution in [0, 0.1) is 12.8 Å². The van der Waals surface area contributed by atoms with Crippen LogP contribution in [-0.2, 0) is 14.3 Å². The third kappa shape index (κ3) is 5.78. The van der Waals surface area contributed by atoms with E-state index in [4.69, 9.17) is 4.18 Å². The van der Waals surface area contributed by atoms with Gasteiger partial charge in [0.1, 0.15) is 10.6 Å². The molecule has 2 rings (SSSR count). The molecule has 1 fully saturated rings. The van der Waals surface area contributed by atoms with Gasteiger partial charge in [0.2, 0.25) is 0 Å². The lowest BCUT2D eigenvalue weighted by atomic mass is 10.1. The summed E-state index contributed by atoms with van der Waals surface area (Å²) >= 11 is 0. The summed E-state index contributed by atoms with van der Waals surface area (Å²) in [5.74, 6) is 0.593. The molecule has 1 aliphatic rings. The molecule has 7 heteroatoms. The third-order valence-corrected chi connectivity index (χ3v) is 5.99. The predicted molar refractivity (Wildman–Crippen MR) is 98.3 cm³/mol. The summed E-state index contributed by atoms with van der Waals surface area (Å²) in [6.45, 7) is 7.50. The summed E-state index contributed by atoms with van der Waals surface area (Å²) in [6.07, 6.45) is 5.63. The van der Waals surface area contributed by atoms with Crippen LogP contribution < -0.4 is 0 Å². The molecule has 0 unspecified atom stereocenters. The normalized spacial score (nSPS) is 16.0. The van der Waals surface area contributed by atoms with Gasteiger partial charge in [0.25, 0.3) is 10.1 Å². The Hall–Kier alpha value is -1.47. The van der Waals surface area contributed by atoms with Crippen LogP contribution in [0.5, 0.6) is 0 Å². The van der Waals surface area contributed by atoms with Gasteiger partial charge in [-0.1, -0.05) is 37.0 Å². The van der Waals surface area contributed by atoms with E-state index in [1.165, 1.54) is 25.7 Å². The molecule has 1 saturated carbocycles. The van der Waals surface area contributed by atoms with Crippen molar-refractivity contribution in [2.75, 3.05) is 19.7 Å². The molecule has 25 heavy (non-hydrogen) atoms. The maximum atomic E-state index is 12.6. The minimum atomic E-state index is -3.83. The Kier molecular flexibility index (Phi) is 7.38. The molecular weight excluding hydrogens is 338 g/mol. The standard InChI is InChI=1S/C18H29N3O3S/c1-4-21(5-2)20-19-17-14-15(3)10-11-18(17)25(22,23)24-13-12-16-8-6-7-9-16/h10-11,14,16H,4-9,12-13H2,1-3H3. The molecular formula is C18H29N3O3S. The molecule has 0 bridgehead atoms. The fourth-order valence-electron chi connectivity index (χ4n) is 3.07. The van der Waals surface area contributed by atoms with E-state index in [1.807, 2.05) is 20.8 Å². The number of aryl methyl sites for hydroxylation is 1. The molecule has 1 aromatic rings. The Bertz CT molecular complexity index is 679. The summed E-state index contributed by atoms with van der Waals surface area (Å²) in [7, 11) is -3.83. The zero-order valence-corrected chi connectivity index (χ0v) is 16.3. The van der Waals surface area contributed by atoms with Gasteiger partial charge in [0, 0.05) is 13.1 Å². The first-order valence-electron chi connectivity index (χ1n) is 9.13. The maximum absolute atomic E-state index is 12.6. The van der Waals surface area contributed by atoms with Crippen molar-refractivity contribution < 1.29 is 12.6 Å². The van der Waals surface area contributed by atoms with E-state index in [0.717, 1.165) is 12.0 Å². The molecule has 0 radical (unpaired) electrons. The van der Waals surface area contributed by atoms with E-state index in [-0.39, 0.29) is 11.5 Å². The van der Waals surface area contributed by atoms with E-state index >= 15 is 0 Å². The van der Waals surface area contributed by atoms with Crippen molar-refractivity contribution in [3.8, 4) is 0 Å². The van der Waals surface area contributed by atoms with E-state index in [1.54, 1.807) is 23.2 Å². The van der Waals surface area contributed by atoms with Crippen LogP contribution in [0.3, 0.4) is 0 Å². The predicted octanol–water partition coefficient (Wildman–Crippen LogP) is 4.62. The fourth-order valence-corrected chi connectivity index (χ4v) is 4.10. The van der Waals surface area contributed by atoms with Crippen molar-refractivity contribution in [1.82, 2.24) is 5.01 Å². The van der Waals surface area contributed by atoms with Crippen molar-refractivity contribution in [3.05, 3.63) is 23.8 Å². The second-order valence-corrected chi connectivity index (χ2v) is 8.10. The van der Waals surface area contributed by atoms with E-state index < -0.39 is 10.1 Å². The largest absolute Gasteiger partial charge is 0.299 e. The smallest absolute Gasteiger partial charge is 0.279 e. The van der Waals surface area contributed by atoms with Crippen molar-refractivity contribution in [1.29, 1.82) is 0 Å². The molecule has 0 saturated heterocycles. The lowest BCUT2D eigenvalue weighted by molar-refractivity contribution is 0.282. The van der Waals surface area contributed by atoms with Gasteiger partial charge in [-0.2, -0.15) is 8.42 Å². The molecule has 0 heterocycles. The zero-order valence-electron chi connectivity index (χ0n) is 15.4. The molecule has 1 aromatic carbocycles. The second kappa shape index (κ2) is 9.29. The first-order valence-corrected chi connectivity index (χ1v) is 10.5. The molecule has 1 aliphatic carbocycles. The van der Waals surface area contributed by atoms with Crippen molar-refractivity contribution in [2.24, 2.45) is 16.3 Å². The average Bonchev–Trinajstić information content (AvgIpc) is 3.09. The zero-order chi connectivity index (χ0) is 18.3. The van der Waals surface area contributed by atoms with Gasteiger partial charge >= 0.3 is 0 Å². The topological polar surface area (TPSA) is 71.3 Å². The Morgan fingerprint density at radius 1 is 1.20 bits per heavy atom.